The second-order valence-corrected chi connectivity index (χ2v) is 7.65. The molecule has 6 heteroatoms. The van der Waals surface area contributed by atoms with Crippen LogP contribution < -0.4 is 5.73 Å². The summed E-state index contributed by atoms with van der Waals surface area (Å²) >= 11 is 6.06. The Hall–Kier alpha value is -0.620. The maximum atomic E-state index is 12.4. The van der Waals surface area contributed by atoms with Gasteiger partial charge < -0.3 is 5.73 Å². The van der Waals surface area contributed by atoms with Crippen LogP contribution in [0.25, 0.3) is 0 Å². The van der Waals surface area contributed by atoms with Crippen LogP contribution >= 0.6 is 11.6 Å². The molecular weight excluding hydrogens is 284 g/mol. The molecule has 0 spiro atoms. The number of sulfonamides is 1. The average Bonchev–Trinajstić information content (AvgIpc) is 3.04. The van der Waals surface area contributed by atoms with Gasteiger partial charge in [0.1, 0.15) is 4.90 Å². The molecule has 0 aliphatic heterocycles. The van der Waals surface area contributed by atoms with Crippen LogP contribution in [0.4, 0.5) is 0 Å². The van der Waals surface area contributed by atoms with Gasteiger partial charge in [-0.05, 0) is 36.0 Å². The first-order valence-corrected chi connectivity index (χ1v) is 8.13. The minimum atomic E-state index is -3.51. The maximum absolute atomic E-state index is 12.4. The Bertz CT molecular complexity index is 574. The summed E-state index contributed by atoms with van der Waals surface area (Å²) in [4.78, 5) is 0.155. The van der Waals surface area contributed by atoms with Crippen LogP contribution in [-0.2, 0) is 16.6 Å². The molecule has 1 aliphatic carbocycles. The van der Waals surface area contributed by atoms with E-state index in [4.69, 9.17) is 17.3 Å². The fourth-order valence-corrected chi connectivity index (χ4v) is 3.89. The molecule has 0 amide bonds. The predicted octanol–water partition coefficient (Wildman–Crippen LogP) is 2.08. The van der Waals surface area contributed by atoms with Crippen LogP contribution in [-0.4, -0.2) is 26.3 Å². The van der Waals surface area contributed by atoms with Crippen molar-refractivity contribution in [2.75, 3.05) is 13.6 Å². The minimum Gasteiger partial charge on any atom is -0.326 e. The van der Waals surface area contributed by atoms with Gasteiger partial charge in [-0.1, -0.05) is 24.6 Å². The molecule has 2 N–H and O–H groups in total. The average molecular weight is 303 g/mol. The summed E-state index contributed by atoms with van der Waals surface area (Å²) in [5, 5.41) is 0.235. The summed E-state index contributed by atoms with van der Waals surface area (Å²) in [5.41, 5.74) is 6.33. The largest absolute Gasteiger partial charge is 0.326 e. The monoisotopic (exact) mass is 302 g/mol. The Morgan fingerprint density at radius 3 is 2.58 bits per heavy atom. The third-order valence-electron chi connectivity index (χ3n) is 3.69. The zero-order valence-corrected chi connectivity index (χ0v) is 12.7. The second-order valence-electron chi connectivity index (χ2n) is 5.23. The van der Waals surface area contributed by atoms with Gasteiger partial charge in [-0.25, -0.2) is 12.7 Å². The molecule has 2 atom stereocenters. The van der Waals surface area contributed by atoms with Gasteiger partial charge >= 0.3 is 0 Å². The predicted molar refractivity (Wildman–Crippen MR) is 76.4 cm³/mol. The maximum Gasteiger partial charge on any atom is 0.244 e. The molecule has 0 heterocycles. The van der Waals surface area contributed by atoms with Crippen molar-refractivity contribution < 1.29 is 8.42 Å². The van der Waals surface area contributed by atoms with Crippen molar-refractivity contribution in [2.45, 2.75) is 24.8 Å². The summed E-state index contributed by atoms with van der Waals surface area (Å²) < 4.78 is 26.3. The quantitative estimate of drug-likeness (QED) is 0.905. The van der Waals surface area contributed by atoms with E-state index < -0.39 is 10.0 Å². The summed E-state index contributed by atoms with van der Waals surface area (Å²) in [5.74, 6) is 1.09. The van der Waals surface area contributed by atoms with Crippen molar-refractivity contribution >= 4 is 21.6 Å². The zero-order chi connectivity index (χ0) is 14.2. The molecule has 2 rings (SSSR count). The van der Waals surface area contributed by atoms with Gasteiger partial charge in [-0.2, -0.15) is 0 Å². The van der Waals surface area contributed by atoms with Crippen molar-refractivity contribution in [1.29, 1.82) is 0 Å². The molecule has 1 saturated carbocycles. The lowest BCUT2D eigenvalue weighted by Gasteiger charge is -2.18. The molecule has 106 valence electrons. The van der Waals surface area contributed by atoms with Crippen LogP contribution in [0.1, 0.15) is 18.9 Å². The smallest absolute Gasteiger partial charge is 0.244 e. The molecule has 0 saturated heterocycles. The lowest BCUT2D eigenvalue weighted by Crippen LogP contribution is -2.29. The molecule has 1 aliphatic rings. The van der Waals surface area contributed by atoms with Crippen LogP contribution in [0, 0.1) is 11.8 Å². The third kappa shape index (κ3) is 3.11. The van der Waals surface area contributed by atoms with E-state index in [1.54, 1.807) is 19.2 Å². The minimum absolute atomic E-state index is 0.155. The summed E-state index contributed by atoms with van der Waals surface area (Å²) in [6.45, 7) is 3.03. The van der Waals surface area contributed by atoms with Gasteiger partial charge in [0.15, 0.2) is 0 Å². The van der Waals surface area contributed by atoms with Gasteiger partial charge in [0, 0.05) is 20.1 Å². The number of rotatable bonds is 5. The number of halogens is 1. The van der Waals surface area contributed by atoms with E-state index in [1.165, 1.54) is 10.4 Å². The van der Waals surface area contributed by atoms with E-state index in [0.29, 0.717) is 24.9 Å². The van der Waals surface area contributed by atoms with E-state index in [9.17, 15) is 8.42 Å². The fourth-order valence-electron chi connectivity index (χ4n) is 2.13. The molecule has 0 radical (unpaired) electrons. The zero-order valence-electron chi connectivity index (χ0n) is 11.1. The lowest BCUT2D eigenvalue weighted by atomic mass is 10.2. The highest BCUT2D eigenvalue weighted by Crippen LogP contribution is 2.39. The van der Waals surface area contributed by atoms with Crippen LogP contribution in [0.5, 0.6) is 0 Å². The number of hydrogen-bond acceptors (Lipinski definition) is 3. The first-order chi connectivity index (χ1) is 8.86. The van der Waals surface area contributed by atoms with Crippen molar-refractivity contribution in [3.63, 3.8) is 0 Å². The Morgan fingerprint density at radius 2 is 2.11 bits per heavy atom. The first kappa shape index (κ1) is 14.8. The van der Waals surface area contributed by atoms with Gasteiger partial charge in [-0.15, -0.1) is 0 Å². The SMILES string of the molecule is CC1CC1CN(C)S(=O)(=O)c1ccc(CN)cc1Cl. The van der Waals surface area contributed by atoms with E-state index in [-0.39, 0.29) is 9.92 Å². The van der Waals surface area contributed by atoms with Gasteiger partial charge in [0.05, 0.1) is 5.02 Å². The molecule has 4 nitrogen and oxygen atoms in total. The van der Waals surface area contributed by atoms with E-state index in [0.717, 1.165) is 12.0 Å². The molecule has 2 unspecified atom stereocenters. The van der Waals surface area contributed by atoms with Gasteiger partial charge in [-0.3, -0.25) is 0 Å². The molecule has 0 aromatic heterocycles. The highest BCUT2D eigenvalue weighted by Gasteiger charge is 2.36. The standard InChI is InChI=1S/C13H19ClN2O2S/c1-9-5-11(9)8-16(2)19(17,18)13-4-3-10(7-15)6-12(13)14/h3-4,6,9,11H,5,7-8,15H2,1-2H3. The van der Waals surface area contributed by atoms with Crippen LogP contribution in [0.15, 0.2) is 23.1 Å². The molecule has 1 aromatic carbocycles. The normalized spacial score (nSPS) is 22.8. The van der Waals surface area contributed by atoms with Crippen molar-refractivity contribution in [3.05, 3.63) is 28.8 Å². The van der Waals surface area contributed by atoms with Gasteiger partial charge in [0.25, 0.3) is 0 Å². The number of benzene rings is 1. The van der Waals surface area contributed by atoms with Gasteiger partial charge in [0.2, 0.25) is 10.0 Å². The number of hydrogen-bond donors (Lipinski definition) is 1. The molecule has 1 aromatic rings. The van der Waals surface area contributed by atoms with E-state index in [1.807, 2.05) is 0 Å². The topological polar surface area (TPSA) is 63.4 Å². The van der Waals surface area contributed by atoms with Crippen LogP contribution in [0.2, 0.25) is 5.02 Å². The molecule has 0 bridgehead atoms. The van der Waals surface area contributed by atoms with Crippen molar-refractivity contribution in [3.8, 4) is 0 Å². The molecule has 1 fully saturated rings. The fraction of sp³-hybridized carbons (Fsp3) is 0.538. The number of nitrogens with zero attached hydrogens (tertiary/aromatic N) is 1. The van der Waals surface area contributed by atoms with E-state index >= 15 is 0 Å². The summed E-state index contributed by atoms with van der Waals surface area (Å²) in [7, 11) is -1.91. The van der Waals surface area contributed by atoms with Crippen molar-refractivity contribution in [1.82, 2.24) is 4.31 Å². The highest BCUT2D eigenvalue weighted by molar-refractivity contribution is 7.89. The third-order valence-corrected chi connectivity index (χ3v) is 5.99. The Labute approximate surface area is 119 Å². The lowest BCUT2D eigenvalue weighted by molar-refractivity contribution is 0.445. The summed E-state index contributed by atoms with van der Waals surface area (Å²) in [6, 6.07) is 4.85. The summed E-state index contributed by atoms with van der Waals surface area (Å²) in [6.07, 6.45) is 1.10. The van der Waals surface area contributed by atoms with E-state index in [2.05, 4.69) is 6.92 Å². The number of nitrogens with two attached hydrogens (primary N) is 1. The molecule has 19 heavy (non-hydrogen) atoms. The Morgan fingerprint density at radius 1 is 1.47 bits per heavy atom. The Balaban J connectivity index is 2.23. The van der Waals surface area contributed by atoms with Crippen LogP contribution in [0.3, 0.4) is 0 Å². The second kappa shape index (κ2) is 5.40. The highest BCUT2D eigenvalue weighted by atomic mass is 35.5. The first-order valence-electron chi connectivity index (χ1n) is 6.31. The van der Waals surface area contributed by atoms with Crippen molar-refractivity contribution in [2.24, 2.45) is 17.6 Å². The Kier molecular flexibility index (Phi) is 4.20. The molecular formula is C13H19ClN2O2S.